The number of hydrogen-bond donors (Lipinski definition) is 6. The third-order valence-electron chi connectivity index (χ3n) is 15.0. The molecule has 16 nitrogen and oxygen atoms in total. The van der Waals surface area contributed by atoms with E-state index in [1.807, 2.05) is 102 Å². The minimum atomic E-state index is -0.972. The summed E-state index contributed by atoms with van der Waals surface area (Å²) in [5.74, 6) is -1.48. The normalized spacial score (nSPS) is 20.9. The highest BCUT2D eigenvalue weighted by Gasteiger charge is 2.47. The Morgan fingerprint density at radius 2 is 1.34 bits per heavy atom. The monoisotopic (exact) mass is 1000 g/mol. The van der Waals surface area contributed by atoms with Crippen LogP contribution < -0.4 is 31.9 Å². The average molecular weight is 1000 g/mol. The molecule has 4 aromatic rings. The standard InChI is InChI=1S/C57H77N9O7/c1-33-30-60-53(73-33)44(26-36-18-13-12-14-19-36)62-52(70)46-29-41(32-66(46)55(72)48(57(7,8)9)64-50(68)35(3)59-11)38-24-25-39-28-45(51(69)61-43-23-17-21-37-20-15-16-22-42(37)43)65(31-40(39)27-38)54(71)47(56(4,5)6)63-49(67)34(2)58-10/h12-16,18-20,22,24-25,27,30,34-35,41,43-48,58-59H,17,21,23,26,28-29,31-32H2,1-11H3,(H,61,69)(H,62,70)(H,63,67)(H,64,68)/t34-,35-,41-,43+,44-,45-,46-,47+,48?/m0/s1. The lowest BCUT2D eigenvalue weighted by atomic mass is 9.83. The molecule has 392 valence electrons. The zero-order valence-corrected chi connectivity index (χ0v) is 44.6. The van der Waals surface area contributed by atoms with Crippen LogP contribution in [0, 0.1) is 17.8 Å². The van der Waals surface area contributed by atoms with Crippen LogP contribution in [0.2, 0.25) is 0 Å². The van der Waals surface area contributed by atoms with Gasteiger partial charge in [-0.25, -0.2) is 4.98 Å². The topological polar surface area (TPSA) is 207 Å². The van der Waals surface area contributed by atoms with E-state index >= 15 is 9.59 Å². The molecule has 6 amide bonds. The van der Waals surface area contributed by atoms with E-state index in [0.29, 0.717) is 18.1 Å². The molecule has 6 N–H and O–H groups in total. The molecule has 1 aliphatic carbocycles. The van der Waals surface area contributed by atoms with Gasteiger partial charge < -0.3 is 46.1 Å². The van der Waals surface area contributed by atoms with Crippen molar-refractivity contribution in [1.82, 2.24) is 46.7 Å². The number of aromatic nitrogens is 1. The molecule has 3 heterocycles. The van der Waals surface area contributed by atoms with Crippen molar-refractivity contribution in [3.05, 3.63) is 124 Å². The maximum atomic E-state index is 15.2. The van der Waals surface area contributed by atoms with E-state index in [1.54, 1.807) is 50.9 Å². The van der Waals surface area contributed by atoms with Gasteiger partial charge in [-0.05, 0) is 105 Å². The van der Waals surface area contributed by atoms with Crippen LogP contribution in [0.5, 0.6) is 0 Å². The number of aryl methyl sites for hydroxylation is 2. The predicted molar refractivity (Wildman–Crippen MR) is 280 cm³/mol. The van der Waals surface area contributed by atoms with Crippen molar-refractivity contribution in [2.24, 2.45) is 10.8 Å². The number of likely N-dealkylation sites (tertiary alicyclic amines) is 1. The van der Waals surface area contributed by atoms with Gasteiger partial charge >= 0.3 is 0 Å². The van der Waals surface area contributed by atoms with Gasteiger partial charge in [0.2, 0.25) is 41.3 Å². The summed E-state index contributed by atoms with van der Waals surface area (Å²) in [5, 5.41) is 18.4. The van der Waals surface area contributed by atoms with Gasteiger partial charge in [-0.3, -0.25) is 28.8 Å². The zero-order valence-electron chi connectivity index (χ0n) is 44.6. The minimum Gasteiger partial charge on any atom is -0.444 e. The number of nitrogens with one attached hydrogen (secondary N) is 6. The molecule has 9 atom stereocenters. The fourth-order valence-corrected chi connectivity index (χ4v) is 10.3. The summed E-state index contributed by atoms with van der Waals surface area (Å²) < 4.78 is 5.99. The molecule has 73 heavy (non-hydrogen) atoms. The largest absolute Gasteiger partial charge is 0.444 e. The first-order valence-electron chi connectivity index (χ1n) is 25.9. The second-order valence-corrected chi connectivity index (χ2v) is 22.5. The van der Waals surface area contributed by atoms with E-state index in [4.69, 9.17) is 4.42 Å². The fourth-order valence-electron chi connectivity index (χ4n) is 10.3. The van der Waals surface area contributed by atoms with Crippen LogP contribution in [0.3, 0.4) is 0 Å². The maximum Gasteiger partial charge on any atom is 0.246 e. The Kier molecular flexibility index (Phi) is 17.0. The van der Waals surface area contributed by atoms with E-state index in [2.05, 4.69) is 49.0 Å². The number of carbonyl (C=O) groups is 6. The van der Waals surface area contributed by atoms with Crippen molar-refractivity contribution in [2.45, 2.75) is 162 Å². The third-order valence-corrected chi connectivity index (χ3v) is 15.0. The van der Waals surface area contributed by atoms with E-state index in [0.717, 1.165) is 47.1 Å². The lowest BCUT2D eigenvalue weighted by Crippen LogP contribution is -2.62. The van der Waals surface area contributed by atoms with E-state index < -0.39 is 53.1 Å². The fraction of sp³-hybridized carbons (Fsp3) is 0.526. The zero-order chi connectivity index (χ0) is 52.9. The van der Waals surface area contributed by atoms with Gasteiger partial charge in [-0.2, -0.15) is 0 Å². The van der Waals surface area contributed by atoms with Crippen molar-refractivity contribution >= 4 is 35.4 Å². The van der Waals surface area contributed by atoms with Crippen LogP contribution in [-0.4, -0.2) is 107 Å². The summed E-state index contributed by atoms with van der Waals surface area (Å²) in [4.78, 5) is 94.5. The van der Waals surface area contributed by atoms with Crippen molar-refractivity contribution < 1.29 is 33.2 Å². The van der Waals surface area contributed by atoms with Gasteiger partial charge in [-0.1, -0.05) is 114 Å². The Labute approximate surface area is 431 Å². The third kappa shape index (κ3) is 12.7. The molecule has 1 saturated heterocycles. The lowest BCUT2D eigenvalue weighted by molar-refractivity contribution is -0.147. The van der Waals surface area contributed by atoms with E-state index in [9.17, 15) is 19.2 Å². The number of fused-ring (bicyclic) bond motifs is 2. The van der Waals surface area contributed by atoms with E-state index in [-0.39, 0.29) is 73.3 Å². The number of hydrogen-bond acceptors (Lipinski definition) is 10. The van der Waals surface area contributed by atoms with Crippen LogP contribution in [0.4, 0.5) is 0 Å². The molecule has 16 heteroatoms. The first kappa shape index (κ1) is 54.4. The second-order valence-electron chi connectivity index (χ2n) is 22.5. The van der Waals surface area contributed by atoms with Crippen LogP contribution >= 0.6 is 0 Å². The molecule has 1 unspecified atom stereocenters. The molecule has 0 saturated carbocycles. The number of amides is 6. The van der Waals surface area contributed by atoms with Gasteiger partial charge in [-0.15, -0.1) is 0 Å². The molecule has 3 aliphatic rings. The van der Waals surface area contributed by atoms with Crippen LogP contribution in [0.25, 0.3) is 0 Å². The van der Waals surface area contributed by atoms with Crippen molar-refractivity contribution in [2.75, 3.05) is 20.6 Å². The Hall–Kier alpha value is -6.39. The molecular formula is C57H77N9O7. The minimum absolute atomic E-state index is 0.0865. The number of nitrogens with zero attached hydrogens (tertiary/aromatic N) is 3. The van der Waals surface area contributed by atoms with Gasteiger partial charge in [0.1, 0.15) is 36.0 Å². The quantitative estimate of drug-likeness (QED) is 0.0833. The Balaban J connectivity index is 1.24. The molecular weight excluding hydrogens is 923 g/mol. The number of carbonyl (C=O) groups excluding carboxylic acids is 6. The molecule has 3 aromatic carbocycles. The molecule has 0 spiro atoms. The predicted octanol–water partition coefficient (Wildman–Crippen LogP) is 5.49. The Bertz CT molecular complexity index is 2640. The second kappa shape index (κ2) is 22.8. The summed E-state index contributed by atoms with van der Waals surface area (Å²) in [6, 6.07) is 18.2. The molecule has 0 radical (unpaired) electrons. The molecule has 2 aliphatic heterocycles. The summed E-state index contributed by atoms with van der Waals surface area (Å²) in [6.45, 7) is 16.9. The highest BCUT2D eigenvalue weighted by atomic mass is 16.4. The van der Waals surface area contributed by atoms with Crippen LogP contribution in [-0.2, 0) is 54.6 Å². The lowest BCUT2D eigenvalue weighted by Gasteiger charge is -2.42. The van der Waals surface area contributed by atoms with Crippen LogP contribution in [0.15, 0.2) is 83.4 Å². The molecule has 0 bridgehead atoms. The van der Waals surface area contributed by atoms with Crippen molar-refractivity contribution in [3.63, 3.8) is 0 Å². The highest BCUT2D eigenvalue weighted by molar-refractivity contribution is 5.95. The van der Waals surface area contributed by atoms with Gasteiger partial charge in [0.05, 0.1) is 24.3 Å². The summed E-state index contributed by atoms with van der Waals surface area (Å²) in [6.07, 6.45) is 5.13. The van der Waals surface area contributed by atoms with E-state index in [1.165, 1.54) is 5.56 Å². The maximum absolute atomic E-state index is 15.2. The number of rotatable bonds is 16. The summed E-state index contributed by atoms with van der Waals surface area (Å²) in [5.41, 5.74) is 4.38. The smallest absolute Gasteiger partial charge is 0.246 e. The Morgan fingerprint density at radius 1 is 0.726 bits per heavy atom. The number of benzene rings is 3. The van der Waals surface area contributed by atoms with Gasteiger partial charge in [0, 0.05) is 31.8 Å². The molecule has 7 rings (SSSR count). The highest BCUT2D eigenvalue weighted by Crippen LogP contribution is 2.38. The summed E-state index contributed by atoms with van der Waals surface area (Å²) in [7, 11) is 3.36. The Morgan fingerprint density at radius 3 is 1.95 bits per heavy atom. The first-order valence-corrected chi connectivity index (χ1v) is 25.9. The summed E-state index contributed by atoms with van der Waals surface area (Å²) >= 11 is 0. The van der Waals surface area contributed by atoms with Gasteiger partial charge in [0.15, 0.2) is 0 Å². The van der Waals surface area contributed by atoms with Crippen LogP contribution in [0.1, 0.15) is 138 Å². The number of likely N-dealkylation sites (N-methyl/N-ethyl adjacent to an activating group) is 2. The van der Waals surface area contributed by atoms with Crippen molar-refractivity contribution in [1.29, 1.82) is 0 Å². The van der Waals surface area contributed by atoms with Crippen molar-refractivity contribution in [3.8, 4) is 0 Å². The number of oxazole rings is 1. The SMILES string of the molecule is CN[C@@H](C)C(=O)NC(C(=O)N1C[C@@H](c2ccc3c(c2)CN(C(=O)[C@@H](NC(=O)[C@H](C)NC)C(C)(C)C)[C@H](C(=O)N[C@@H]2CCCc4ccccc42)C3)C[C@H]1C(=O)N[C@@H](Cc1ccccc1)c1ncc(C)o1)C(C)(C)C. The first-order chi connectivity index (χ1) is 34.6. The average Bonchev–Trinajstić information content (AvgIpc) is 4.02. The molecule has 1 fully saturated rings. The van der Waals surface area contributed by atoms with Gasteiger partial charge in [0.25, 0.3) is 0 Å². The molecule has 1 aromatic heterocycles.